The summed E-state index contributed by atoms with van der Waals surface area (Å²) in [6.45, 7) is 9.20. The molecular weight excluding hydrogens is 272 g/mol. The first-order valence-corrected chi connectivity index (χ1v) is 8.50. The van der Waals surface area contributed by atoms with Crippen molar-refractivity contribution in [2.24, 2.45) is 11.8 Å². The number of nitrogens with zero attached hydrogens (tertiary/aromatic N) is 1. The largest absolute Gasteiger partial charge is 0.388 e. The van der Waals surface area contributed by atoms with Gasteiger partial charge in [0.2, 0.25) is 10.0 Å². The first kappa shape index (κ1) is 15.3. The molecule has 1 N–H and O–H groups in total. The van der Waals surface area contributed by atoms with Crippen molar-refractivity contribution in [2.75, 3.05) is 25.5 Å². The van der Waals surface area contributed by atoms with Crippen molar-refractivity contribution in [2.45, 2.75) is 32.6 Å². The third-order valence-electron chi connectivity index (χ3n) is 4.30. The second kappa shape index (κ2) is 5.37. The predicted octanol–water partition coefficient (Wildman–Crippen LogP) is 2.62. The molecular formula is C15H24N2O2S. The van der Waals surface area contributed by atoms with Crippen LogP contribution in [-0.4, -0.2) is 32.9 Å². The Labute approximate surface area is 122 Å². The van der Waals surface area contributed by atoms with Gasteiger partial charge in [0, 0.05) is 25.8 Å². The highest BCUT2D eigenvalue weighted by atomic mass is 32.2. The SMILES string of the molecule is CNc1cc(C)c(S(=O)(=O)N2CC(C)C(C)C2)c(C)c1. The molecule has 1 aromatic carbocycles. The van der Waals surface area contributed by atoms with Gasteiger partial charge >= 0.3 is 0 Å². The van der Waals surface area contributed by atoms with Crippen molar-refractivity contribution in [3.05, 3.63) is 23.3 Å². The first-order valence-electron chi connectivity index (χ1n) is 7.06. The van der Waals surface area contributed by atoms with E-state index < -0.39 is 10.0 Å². The summed E-state index contributed by atoms with van der Waals surface area (Å²) in [6, 6.07) is 3.78. The third kappa shape index (κ3) is 2.56. The molecule has 20 heavy (non-hydrogen) atoms. The molecule has 112 valence electrons. The average Bonchev–Trinajstić information content (AvgIpc) is 2.69. The Kier molecular flexibility index (Phi) is 4.12. The van der Waals surface area contributed by atoms with Crippen LogP contribution >= 0.6 is 0 Å². The van der Waals surface area contributed by atoms with E-state index in [4.69, 9.17) is 0 Å². The van der Waals surface area contributed by atoms with Crippen LogP contribution in [0.25, 0.3) is 0 Å². The van der Waals surface area contributed by atoms with E-state index in [1.807, 2.05) is 33.0 Å². The van der Waals surface area contributed by atoms with Crippen molar-refractivity contribution >= 4 is 15.7 Å². The van der Waals surface area contributed by atoms with Gasteiger partial charge in [0.15, 0.2) is 0 Å². The number of rotatable bonds is 3. The summed E-state index contributed by atoms with van der Waals surface area (Å²) in [7, 11) is -1.55. The van der Waals surface area contributed by atoms with Crippen LogP contribution in [0.4, 0.5) is 5.69 Å². The standard InChI is InChI=1S/C15H24N2O2S/c1-10-6-14(16-5)7-11(2)15(10)20(18,19)17-8-12(3)13(4)9-17/h6-7,12-13,16H,8-9H2,1-5H3. The quantitative estimate of drug-likeness (QED) is 0.933. The fraction of sp³-hybridized carbons (Fsp3) is 0.600. The van der Waals surface area contributed by atoms with Crippen LogP contribution in [0.3, 0.4) is 0 Å². The molecule has 1 fully saturated rings. The van der Waals surface area contributed by atoms with E-state index in [2.05, 4.69) is 19.2 Å². The summed E-state index contributed by atoms with van der Waals surface area (Å²) in [6.07, 6.45) is 0. The minimum Gasteiger partial charge on any atom is -0.388 e. The van der Waals surface area contributed by atoms with E-state index in [9.17, 15) is 8.42 Å². The van der Waals surface area contributed by atoms with Gasteiger partial charge in [-0.15, -0.1) is 0 Å². The lowest BCUT2D eigenvalue weighted by Crippen LogP contribution is -2.30. The Morgan fingerprint density at radius 3 is 1.95 bits per heavy atom. The molecule has 5 heteroatoms. The molecule has 1 aliphatic rings. The maximum Gasteiger partial charge on any atom is 0.243 e. The highest BCUT2D eigenvalue weighted by Crippen LogP contribution is 2.32. The summed E-state index contributed by atoms with van der Waals surface area (Å²) in [4.78, 5) is 0.470. The summed E-state index contributed by atoms with van der Waals surface area (Å²) >= 11 is 0. The van der Waals surface area contributed by atoms with E-state index in [1.54, 1.807) is 4.31 Å². The number of anilines is 1. The fourth-order valence-corrected chi connectivity index (χ4v) is 4.96. The smallest absolute Gasteiger partial charge is 0.243 e. The van der Waals surface area contributed by atoms with Crippen LogP contribution in [0.1, 0.15) is 25.0 Å². The summed E-state index contributed by atoms with van der Waals surface area (Å²) in [5, 5.41) is 3.06. The molecule has 1 aliphatic heterocycles. The number of nitrogens with one attached hydrogen (secondary N) is 1. The van der Waals surface area contributed by atoms with E-state index in [-0.39, 0.29) is 0 Å². The molecule has 2 atom stereocenters. The van der Waals surface area contributed by atoms with Crippen LogP contribution in [0.15, 0.2) is 17.0 Å². The van der Waals surface area contributed by atoms with E-state index in [1.165, 1.54) is 0 Å². The number of hydrogen-bond acceptors (Lipinski definition) is 3. The van der Waals surface area contributed by atoms with E-state index in [0.29, 0.717) is 29.8 Å². The Hall–Kier alpha value is -1.07. The van der Waals surface area contributed by atoms with Crippen LogP contribution in [0.5, 0.6) is 0 Å². The molecule has 1 heterocycles. The van der Waals surface area contributed by atoms with Gasteiger partial charge in [-0.25, -0.2) is 8.42 Å². The van der Waals surface area contributed by atoms with Crippen LogP contribution in [-0.2, 0) is 10.0 Å². The summed E-state index contributed by atoms with van der Waals surface area (Å²) in [5.74, 6) is 0.837. The number of aryl methyl sites for hydroxylation is 2. The topological polar surface area (TPSA) is 49.4 Å². The third-order valence-corrected chi connectivity index (χ3v) is 6.44. The maximum atomic E-state index is 12.9. The molecule has 0 spiro atoms. The molecule has 1 aromatic rings. The van der Waals surface area contributed by atoms with Crippen LogP contribution < -0.4 is 5.32 Å². The highest BCUT2D eigenvalue weighted by molar-refractivity contribution is 7.89. The second-order valence-electron chi connectivity index (χ2n) is 5.97. The van der Waals surface area contributed by atoms with Gasteiger partial charge in [-0.1, -0.05) is 13.8 Å². The van der Waals surface area contributed by atoms with Crippen LogP contribution in [0.2, 0.25) is 0 Å². The highest BCUT2D eigenvalue weighted by Gasteiger charge is 2.36. The molecule has 2 unspecified atom stereocenters. The van der Waals surface area contributed by atoms with Gasteiger partial charge in [0.1, 0.15) is 0 Å². The molecule has 2 rings (SSSR count). The molecule has 0 aromatic heterocycles. The zero-order valence-corrected chi connectivity index (χ0v) is 13.7. The Morgan fingerprint density at radius 2 is 1.55 bits per heavy atom. The van der Waals surface area contributed by atoms with Crippen molar-refractivity contribution in [1.82, 2.24) is 4.31 Å². The molecule has 0 bridgehead atoms. The molecule has 0 amide bonds. The summed E-state index contributed by atoms with van der Waals surface area (Å²) in [5.41, 5.74) is 2.56. The monoisotopic (exact) mass is 296 g/mol. The Morgan fingerprint density at radius 1 is 1.10 bits per heavy atom. The molecule has 0 radical (unpaired) electrons. The first-order chi connectivity index (χ1) is 9.27. The zero-order chi connectivity index (χ0) is 15.1. The van der Waals surface area contributed by atoms with Crippen molar-refractivity contribution in [3.63, 3.8) is 0 Å². The molecule has 4 nitrogen and oxygen atoms in total. The predicted molar refractivity (Wildman–Crippen MR) is 82.5 cm³/mol. The van der Waals surface area contributed by atoms with Crippen molar-refractivity contribution < 1.29 is 8.42 Å². The summed E-state index contributed by atoms with van der Waals surface area (Å²) < 4.78 is 27.4. The van der Waals surface area contributed by atoms with Gasteiger partial charge in [-0.3, -0.25) is 0 Å². The lowest BCUT2D eigenvalue weighted by atomic mass is 10.0. The molecule has 0 aliphatic carbocycles. The normalized spacial score (nSPS) is 24.1. The van der Waals surface area contributed by atoms with Gasteiger partial charge in [-0.2, -0.15) is 4.31 Å². The van der Waals surface area contributed by atoms with Crippen molar-refractivity contribution in [3.8, 4) is 0 Å². The number of benzene rings is 1. The van der Waals surface area contributed by atoms with Crippen LogP contribution in [0, 0.1) is 25.7 Å². The van der Waals surface area contributed by atoms with Gasteiger partial charge < -0.3 is 5.32 Å². The number of hydrogen-bond donors (Lipinski definition) is 1. The maximum absolute atomic E-state index is 12.9. The lowest BCUT2D eigenvalue weighted by Gasteiger charge is -2.20. The fourth-order valence-electron chi connectivity index (χ4n) is 2.90. The lowest BCUT2D eigenvalue weighted by molar-refractivity contribution is 0.462. The average molecular weight is 296 g/mol. The zero-order valence-electron chi connectivity index (χ0n) is 12.9. The minimum atomic E-state index is -3.39. The Bertz CT molecular complexity index is 577. The molecule has 0 saturated carbocycles. The van der Waals surface area contributed by atoms with E-state index >= 15 is 0 Å². The molecule has 1 saturated heterocycles. The Balaban J connectivity index is 2.45. The minimum absolute atomic E-state index is 0.418. The van der Waals surface area contributed by atoms with E-state index in [0.717, 1.165) is 16.8 Å². The second-order valence-corrected chi connectivity index (χ2v) is 7.84. The van der Waals surface area contributed by atoms with Gasteiger partial charge in [-0.05, 0) is 48.9 Å². The van der Waals surface area contributed by atoms with Crippen molar-refractivity contribution in [1.29, 1.82) is 0 Å². The number of sulfonamides is 1. The van der Waals surface area contributed by atoms with Gasteiger partial charge in [0.05, 0.1) is 4.90 Å². The van der Waals surface area contributed by atoms with Gasteiger partial charge in [0.25, 0.3) is 0 Å².